The first-order valence-electron chi connectivity index (χ1n) is 6.60. The van der Waals surface area contributed by atoms with Crippen LogP contribution < -0.4 is 4.72 Å². The van der Waals surface area contributed by atoms with Crippen molar-refractivity contribution in [3.8, 4) is 0 Å². The molecule has 2 aromatic rings. The molecule has 0 fully saturated rings. The number of sulfonamides is 1. The maximum Gasteiger partial charge on any atom is 0.416 e. The molecular weight excluding hydrogens is 395 g/mol. The summed E-state index contributed by atoms with van der Waals surface area (Å²) >= 11 is 3.21. The van der Waals surface area contributed by atoms with Gasteiger partial charge in [0.1, 0.15) is 0 Å². The maximum atomic E-state index is 12.6. The zero-order valence-electron chi connectivity index (χ0n) is 11.8. The number of hydrogen-bond acceptors (Lipinski definition) is 2. The number of rotatable bonds is 5. The SMILES string of the molecule is O=S(=O)(NCCc1cccc(C(F)(F)F)c1)c1ccc(Br)cc1. The van der Waals surface area contributed by atoms with Crippen molar-refractivity contribution in [3.63, 3.8) is 0 Å². The molecule has 0 amide bonds. The minimum atomic E-state index is -4.41. The van der Waals surface area contributed by atoms with Gasteiger partial charge in [0, 0.05) is 11.0 Å². The van der Waals surface area contributed by atoms with E-state index in [-0.39, 0.29) is 17.9 Å². The van der Waals surface area contributed by atoms with Gasteiger partial charge in [-0.15, -0.1) is 0 Å². The average molecular weight is 408 g/mol. The van der Waals surface area contributed by atoms with Gasteiger partial charge in [-0.3, -0.25) is 0 Å². The Labute approximate surface area is 140 Å². The van der Waals surface area contributed by atoms with Gasteiger partial charge in [0.25, 0.3) is 0 Å². The van der Waals surface area contributed by atoms with Crippen LogP contribution >= 0.6 is 15.9 Å². The molecule has 0 aliphatic rings. The van der Waals surface area contributed by atoms with E-state index in [0.29, 0.717) is 5.56 Å². The highest BCUT2D eigenvalue weighted by Crippen LogP contribution is 2.29. The van der Waals surface area contributed by atoms with Gasteiger partial charge in [-0.2, -0.15) is 13.2 Å². The third-order valence-corrected chi connectivity index (χ3v) is 5.09. The van der Waals surface area contributed by atoms with E-state index in [1.165, 1.54) is 24.3 Å². The Balaban J connectivity index is 2.01. The zero-order chi connectivity index (χ0) is 17.1. The third kappa shape index (κ3) is 5.05. The first-order chi connectivity index (χ1) is 10.7. The van der Waals surface area contributed by atoms with E-state index in [0.717, 1.165) is 16.6 Å². The van der Waals surface area contributed by atoms with Crippen molar-refractivity contribution in [2.75, 3.05) is 6.54 Å². The molecule has 0 saturated carbocycles. The summed E-state index contributed by atoms with van der Waals surface area (Å²) in [4.78, 5) is 0.102. The molecule has 2 aromatic carbocycles. The number of halogens is 4. The number of alkyl halides is 3. The van der Waals surface area contributed by atoms with Crippen LogP contribution in [-0.2, 0) is 22.6 Å². The number of benzene rings is 2. The van der Waals surface area contributed by atoms with Crippen molar-refractivity contribution in [1.82, 2.24) is 4.72 Å². The van der Waals surface area contributed by atoms with E-state index in [4.69, 9.17) is 0 Å². The lowest BCUT2D eigenvalue weighted by molar-refractivity contribution is -0.137. The van der Waals surface area contributed by atoms with Crippen molar-refractivity contribution >= 4 is 26.0 Å². The summed E-state index contributed by atoms with van der Waals surface area (Å²) in [6.07, 6.45) is -4.24. The average Bonchev–Trinajstić information content (AvgIpc) is 2.47. The molecule has 0 aliphatic carbocycles. The van der Waals surface area contributed by atoms with E-state index in [1.807, 2.05) is 0 Å². The Kier molecular flexibility index (Phi) is 5.49. The Morgan fingerprint density at radius 2 is 1.70 bits per heavy atom. The van der Waals surface area contributed by atoms with Gasteiger partial charge in [-0.05, 0) is 42.3 Å². The molecule has 3 nitrogen and oxygen atoms in total. The second-order valence-corrected chi connectivity index (χ2v) is 7.48. The molecule has 0 unspecified atom stereocenters. The highest BCUT2D eigenvalue weighted by Gasteiger charge is 2.30. The molecule has 1 N–H and O–H groups in total. The molecule has 0 radical (unpaired) electrons. The van der Waals surface area contributed by atoms with Crippen LogP contribution in [-0.4, -0.2) is 15.0 Å². The molecule has 124 valence electrons. The molecule has 8 heteroatoms. The van der Waals surface area contributed by atoms with Crippen LogP contribution in [0.4, 0.5) is 13.2 Å². The minimum Gasteiger partial charge on any atom is -0.211 e. The summed E-state index contributed by atoms with van der Waals surface area (Å²) in [5, 5.41) is 0. The quantitative estimate of drug-likeness (QED) is 0.814. The van der Waals surface area contributed by atoms with Crippen molar-refractivity contribution in [1.29, 1.82) is 0 Å². The Bertz CT molecular complexity index is 774. The standard InChI is InChI=1S/C15H13BrF3NO2S/c16-13-4-6-14(7-5-13)23(21,22)20-9-8-11-2-1-3-12(10-11)15(17,18)19/h1-7,10,20H,8-9H2. The summed E-state index contributed by atoms with van der Waals surface area (Å²) in [7, 11) is -3.68. The lowest BCUT2D eigenvalue weighted by Gasteiger charge is -2.10. The van der Waals surface area contributed by atoms with E-state index in [2.05, 4.69) is 20.7 Å². The summed E-state index contributed by atoms with van der Waals surface area (Å²) in [5.74, 6) is 0. The summed E-state index contributed by atoms with van der Waals surface area (Å²) in [5.41, 5.74) is -0.330. The fourth-order valence-electron chi connectivity index (χ4n) is 1.93. The molecule has 0 saturated heterocycles. The lowest BCUT2D eigenvalue weighted by Crippen LogP contribution is -2.26. The van der Waals surface area contributed by atoms with Gasteiger partial charge in [0.05, 0.1) is 10.5 Å². The molecule has 0 spiro atoms. The van der Waals surface area contributed by atoms with Crippen LogP contribution in [0.25, 0.3) is 0 Å². The molecule has 0 aliphatic heterocycles. The van der Waals surface area contributed by atoms with Gasteiger partial charge >= 0.3 is 6.18 Å². The van der Waals surface area contributed by atoms with Gasteiger partial charge in [0.2, 0.25) is 10.0 Å². The van der Waals surface area contributed by atoms with Crippen LogP contribution in [0.2, 0.25) is 0 Å². The normalized spacial score (nSPS) is 12.3. The monoisotopic (exact) mass is 407 g/mol. The lowest BCUT2D eigenvalue weighted by atomic mass is 10.1. The van der Waals surface area contributed by atoms with E-state index >= 15 is 0 Å². The van der Waals surface area contributed by atoms with Crippen LogP contribution in [0.5, 0.6) is 0 Å². The van der Waals surface area contributed by atoms with E-state index < -0.39 is 21.8 Å². The zero-order valence-corrected chi connectivity index (χ0v) is 14.2. The summed E-state index contributed by atoms with van der Waals surface area (Å²) in [6, 6.07) is 10.9. The van der Waals surface area contributed by atoms with Crippen molar-refractivity contribution in [2.24, 2.45) is 0 Å². The largest absolute Gasteiger partial charge is 0.416 e. The Morgan fingerprint density at radius 1 is 1.04 bits per heavy atom. The van der Waals surface area contributed by atoms with E-state index in [1.54, 1.807) is 12.1 Å². The molecular formula is C15H13BrF3NO2S. The fraction of sp³-hybridized carbons (Fsp3) is 0.200. The topological polar surface area (TPSA) is 46.2 Å². The molecule has 0 heterocycles. The summed E-state index contributed by atoms with van der Waals surface area (Å²) < 4.78 is 65.1. The van der Waals surface area contributed by atoms with Crippen LogP contribution in [0.3, 0.4) is 0 Å². The van der Waals surface area contributed by atoms with Crippen LogP contribution in [0.15, 0.2) is 57.9 Å². The summed E-state index contributed by atoms with van der Waals surface area (Å²) in [6.45, 7) is 0.0136. The van der Waals surface area contributed by atoms with Gasteiger partial charge < -0.3 is 0 Å². The minimum absolute atomic E-state index is 0.0136. The molecule has 0 aromatic heterocycles. The molecule has 0 atom stereocenters. The van der Waals surface area contributed by atoms with Crippen LogP contribution in [0.1, 0.15) is 11.1 Å². The van der Waals surface area contributed by atoms with Gasteiger partial charge in [-0.25, -0.2) is 13.1 Å². The Hall–Kier alpha value is -1.38. The smallest absolute Gasteiger partial charge is 0.211 e. The number of nitrogens with one attached hydrogen (secondary N) is 1. The fourth-order valence-corrected chi connectivity index (χ4v) is 3.23. The van der Waals surface area contributed by atoms with E-state index in [9.17, 15) is 21.6 Å². The van der Waals surface area contributed by atoms with Crippen molar-refractivity contribution in [2.45, 2.75) is 17.5 Å². The highest BCUT2D eigenvalue weighted by atomic mass is 79.9. The molecule has 23 heavy (non-hydrogen) atoms. The molecule has 2 rings (SSSR count). The molecule has 0 bridgehead atoms. The van der Waals surface area contributed by atoms with Crippen molar-refractivity contribution < 1.29 is 21.6 Å². The Morgan fingerprint density at radius 3 is 2.30 bits per heavy atom. The maximum absolute atomic E-state index is 12.6. The van der Waals surface area contributed by atoms with Crippen LogP contribution in [0, 0.1) is 0 Å². The number of hydrogen-bond donors (Lipinski definition) is 1. The predicted octanol–water partition coefficient (Wildman–Crippen LogP) is 3.99. The highest BCUT2D eigenvalue weighted by molar-refractivity contribution is 9.10. The van der Waals surface area contributed by atoms with Gasteiger partial charge in [0.15, 0.2) is 0 Å². The second kappa shape index (κ2) is 7.02. The van der Waals surface area contributed by atoms with Gasteiger partial charge in [-0.1, -0.05) is 34.1 Å². The van der Waals surface area contributed by atoms with Crippen molar-refractivity contribution in [3.05, 3.63) is 64.1 Å². The first kappa shape index (κ1) is 18.0. The first-order valence-corrected chi connectivity index (χ1v) is 8.87. The third-order valence-electron chi connectivity index (χ3n) is 3.08. The second-order valence-electron chi connectivity index (χ2n) is 4.80. The predicted molar refractivity (Wildman–Crippen MR) is 84.5 cm³/mol.